The van der Waals surface area contributed by atoms with Crippen LogP contribution in [-0.4, -0.2) is 67.3 Å². The lowest BCUT2D eigenvalue weighted by molar-refractivity contribution is 0.0125. The molecule has 0 saturated carbocycles. The summed E-state index contributed by atoms with van der Waals surface area (Å²) in [6.07, 6.45) is 1.20. The van der Waals surface area contributed by atoms with Gasteiger partial charge in [0.2, 0.25) is 0 Å². The van der Waals surface area contributed by atoms with E-state index in [1.165, 1.54) is 12.1 Å². The predicted molar refractivity (Wildman–Crippen MR) is 155 cm³/mol. The van der Waals surface area contributed by atoms with E-state index in [-0.39, 0.29) is 23.2 Å². The Morgan fingerprint density at radius 3 is 1.98 bits per heavy atom. The molecule has 10 nitrogen and oxygen atoms in total. The molecule has 2 aromatic rings. The number of rotatable bonds is 5. The van der Waals surface area contributed by atoms with E-state index in [4.69, 9.17) is 14.2 Å². The Labute approximate surface area is 243 Å². The molecular formula is C30H41N3O7S. The summed E-state index contributed by atoms with van der Waals surface area (Å²) in [6.45, 7) is 13.0. The molecule has 224 valence electrons. The lowest BCUT2D eigenvalue weighted by Gasteiger charge is -2.33. The monoisotopic (exact) mass is 587 g/mol. The number of sulfonamides is 1. The molecule has 2 heterocycles. The summed E-state index contributed by atoms with van der Waals surface area (Å²) in [6, 6.07) is 11.7. The number of hydrogen-bond acceptors (Lipinski definition) is 7. The first-order valence-electron chi connectivity index (χ1n) is 14.0. The van der Waals surface area contributed by atoms with Crippen molar-refractivity contribution >= 4 is 27.9 Å². The minimum absolute atomic E-state index is 0.0787. The van der Waals surface area contributed by atoms with Crippen LogP contribution in [0.2, 0.25) is 0 Å². The van der Waals surface area contributed by atoms with Gasteiger partial charge < -0.3 is 24.0 Å². The Balaban J connectivity index is 1.33. The molecule has 0 aromatic heterocycles. The van der Waals surface area contributed by atoms with Crippen molar-refractivity contribution in [3.05, 3.63) is 53.6 Å². The zero-order valence-corrected chi connectivity index (χ0v) is 25.5. The molecule has 11 heteroatoms. The van der Waals surface area contributed by atoms with Crippen LogP contribution in [0.3, 0.4) is 0 Å². The summed E-state index contributed by atoms with van der Waals surface area (Å²) in [7, 11) is -3.84. The number of ether oxygens (including phenoxy) is 3. The van der Waals surface area contributed by atoms with Crippen molar-refractivity contribution in [2.24, 2.45) is 0 Å². The van der Waals surface area contributed by atoms with E-state index in [2.05, 4.69) is 4.72 Å². The third-order valence-electron chi connectivity index (χ3n) is 6.65. The van der Waals surface area contributed by atoms with Crippen LogP contribution in [0.4, 0.5) is 15.3 Å². The van der Waals surface area contributed by atoms with Crippen LogP contribution in [0.15, 0.2) is 47.4 Å². The first-order chi connectivity index (χ1) is 19.1. The molecular weight excluding hydrogens is 546 g/mol. The van der Waals surface area contributed by atoms with Gasteiger partial charge in [-0.1, -0.05) is 6.07 Å². The summed E-state index contributed by atoms with van der Waals surface area (Å²) in [5.41, 5.74) is 1.25. The van der Waals surface area contributed by atoms with Gasteiger partial charge in [0, 0.05) is 44.7 Å². The van der Waals surface area contributed by atoms with Crippen molar-refractivity contribution in [3.8, 4) is 5.75 Å². The zero-order valence-electron chi connectivity index (χ0n) is 24.7. The second kappa shape index (κ2) is 11.8. The summed E-state index contributed by atoms with van der Waals surface area (Å²) < 4.78 is 45.9. The normalized spacial score (nSPS) is 16.5. The number of carbonyl (C=O) groups is 2. The second-order valence-corrected chi connectivity index (χ2v) is 14.2. The third kappa shape index (κ3) is 8.51. The van der Waals surface area contributed by atoms with Crippen molar-refractivity contribution < 1.29 is 32.2 Å². The van der Waals surface area contributed by atoms with E-state index in [9.17, 15) is 18.0 Å². The molecule has 0 atom stereocenters. The van der Waals surface area contributed by atoms with Crippen molar-refractivity contribution in [1.82, 2.24) is 9.80 Å². The van der Waals surface area contributed by atoms with Crippen molar-refractivity contribution in [1.29, 1.82) is 0 Å². The number of anilines is 1. The summed E-state index contributed by atoms with van der Waals surface area (Å²) in [5, 5.41) is 0. The van der Waals surface area contributed by atoms with Gasteiger partial charge in [-0.05, 0) is 95.5 Å². The molecule has 0 bridgehead atoms. The molecule has 2 aliphatic rings. The number of carbonyl (C=O) groups excluding carboxylic acids is 2. The predicted octanol–water partition coefficient (Wildman–Crippen LogP) is 5.56. The van der Waals surface area contributed by atoms with Gasteiger partial charge in [-0.2, -0.15) is 0 Å². The maximum Gasteiger partial charge on any atom is 0.410 e. The van der Waals surface area contributed by atoms with Crippen molar-refractivity contribution in [2.75, 3.05) is 24.4 Å². The number of benzene rings is 2. The van der Waals surface area contributed by atoms with Gasteiger partial charge >= 0.3 is 12.2 Å². The van der Waals surface area contributed by atoms with Crippen LogP contribution >= 0.6 is 0 Å². The van der Waals surface area contributed by atoms with Crippen LogP contribution < -0.4 is 9.46 Å². The molecule has 2 aliphatic heterocycles. The van der Waals surface area contributed by atoms with Gasteiger partial charge in [-0.15, -0.1) is 0 Å². The molecule has 41 heavy (non-hydrogen) atoms. The van der Waals surface area contributed by atoms with Crippen LogP contribution in [0.25, 0.3) is 0 Å². The fourth-order valence-electron chi connectivity index (χ4n) is 4.69. The fourth-order valence-corrected chi connectivity index (χ4v) is 5.74. The maximum absolute atomic E-state index is 13.1. The van der Waals surface area contributed by atoms with Gasteiger partial charge in [-0.25, -0.2) is 18.0 Å². The van der Waals surface area contributed by atoms with Gasteiger partial charge in [0.1, 0.15) is 23.1 Å². The third-order valence-corrected chi connectivity index (χ3v) is 8.05. The molecule has 2 aromatic carbocycles. The highest BCUT2D eigenvalue weighted by Crippen LogP contribution is 2.27. The molecule has 1 saturated heterocycles. The van der Waals surface area contributed by atoms with Gasteiger partial charge in [0.15, 0.2) is 0 Å². The summed E-state index contributed by atoms with van der Waals surface area (Å²) in [4.78, 5) is 28.2. The zero-order chi connectivity index (χ0) is 30.0. The average molecular weight is 588 g/mol. The number of amides is 2. The molecule has 1 fully saturated rings. The summed E-state index contributed by atoms with van der Waals surface area (Å²) >= 11 is 0. The van der Waals surface area contributed by atoms with E-state index in [0.717, 1.165) is 11.1 Å². The summed E-state index contributed by atoms with van der Waals surface area (Å²) in [5.74, 6) is 0.565. The number of fused-ring (bicyclic) bond motifs is 1. The molecule has 0 aliphatic carbocycles. The topological polar surface area (TPSA) is 114 Å². The molecule has 2 amide bonds. The number of nitrogens with one attached hydrogen (secondary N) is 1. The number of piperidine rings is 1. The van der Waals surface area contributed by atoms with Gasteiger partial charge in [0.25, 0.3) is 10.0 Å². The van der Waals surface area contributed by atoms with E-state index >= 15 is 0 Å². The van der Waals surface area contributed by atoms with E-state index in [1.807, 2.05) is 47.6 Å². The van der Waals surface area contributed by atoms with Gasteiger partial charge in [-0.3, -0.25) is 4.72 Å². The quantitative estimate of drug-likeness (QED) is 0.487. The average Bonchev–Trinajstić information content (AvgIpc) is 2.87. The highest BCUT2D eigenvalue weighted by Gasteiger charge is 2.28. The van der Waals surface area contributed by atoms with E-state index in [0.29, 0.717) is 56.9 Å². The fraction of sp³-hybridized carbons (Fsp3) is 0.533. The minimum atomic E-state index is -3.84. The molecule has 4 rings (SSSR count). The molecule has 0 unspecified atom stereocenters. The van der Waals surface area contributed by atoms with Crippen molar-refractivity contribution in [2.45, 2.75) is 89.6 Å². The largest absolute Gasteiger partial charge is 0.490 e. The maximum atomic E-state index is 13.1. The van der Waals surface area contributed by atoms with Crippen molar-refractivity contribution in [3.63, 3.8) is 0 Å². The lowest BCUT2D eigenvalue weighted by atomic mass is 9.99. The van der Waals surface area contributed by atoms with E-state index < -0.39 is 21.2 Å². The van der Waals surface area contributed by atoms with Gasteiger partial charge in [0.05, 0.1) is 4.90 Å². The minimum Gasteiger partial charge on any atom is -0.490 e. The van der Waals surface area contributed by atoms with Crippen LogP contribution in [0.1, 0.15) is 65.5 Å². The Bertz CT molecular complexity index is 1350. The second-order valence-electron chi connectivity index (χ2n) is 12.5. The lowest BCUT2D eigenvalue weighted by Crippen LogP contribution is -2.44. The smallest absolute Gasteiger partial charge is 0.410 e. The Morgan fingerprint density at radius 2 is 1.39 bits per heavy atom. The highest BCUT2D eigenvalue weighted by atomic mass is 32.2. The highest BCUT2D eigenvalue weighted by molar-refractivity contribution is 7.92. The Hall–Kier alpha value is -3.47. The molecule has 0 radical (unpaired) electrons. The standard InChI is InChI=1S/C30H41N3O7S/c1-29(2,3)39-27(34)32-17-14-25(15-18-32)38-24-9-11-26(12-10-24)41(36,37)31-23-8-7-21-13-16-33(20-22(21)19-23)28(35)40-30(4,5)6/h7-12,19,25,31H,13-18,20H2,1-6H3. The Kier molecular flexibility index (Phi) is 8.77. The number of likely N-dealkylation sites (tertiary alicyclic amines) is 1. The Morgan fingerprint density at radius 1 is 0.805 bits per heavy atom. The van der Waals surface area contributed by atoms with E-state index in [1.54, 1.807) is 34.1 Å². The first-order valence-corrected chi connectivity index (χ1v) is 15.4. The van der Waals surface area contributed by atoms with Crippen LogP contribution in [0, 0.1) is 0 Å². The number of hydrogen-bond donors (Lipinski definition) is 1. The molecule has 1 N–H and O–H groups in total. The first kappa shape index (κ1) is 30.5. The number of nitrogens with zero attached hydrogens (tertiary/aromatic N) is 2. The van der Waals surface area contributed by atoms with Crippen LogP contribution in [0.5, 0.6) is 5.75 Å². The molecule has 0 spiro atoms. The SMILES string of the molecule is CC(C)(C)OC(=O)N1CCC(Oc2ccc(S(=O)(=O)Nc3ccc4c(c3)CN(C(=O)OC(C)(C)C)CC4)cc2)CC1. The van der Waals surface area contributed by atoms with Crippen LogP contribution in [-0.2, 0) is 32.5 Å².